The maximum atomic E-state index is 14.0. The summed E-state index contributed by atoms with van der Waals surface area (Å²) in [5.41, 5.74) is 7.75. The van der Waals surface area contributed by atoms with E-state index < -0.39 is 17.7 Å². The zero-order chi connectivity index (χ0) is 14.9. The minimum atomic E-state index is -0.825. The summed E-state index contributed by atoms with van der Waals surface area (Å²) in [6.07, 6.45) is 0. The van der Waals surface area contributed by atoms with E-state index in [9.17, 15) is 8.78 Å². The van der Waals surface area contributed by atoms with Gasteiger partial charge in [-0.2, -0.15) is 0 Å². The van der Waals surface area contributed by atoms with E-state index in [-0.39, 0.29) is 10.0 Å². The molecule has 2 aromatic rings. The van der Waals surface area contributed by atoms with Crippen LogP contribution in [0.1, 0.15) is 42.5 Å². The first-order chi connectivity index (χ1) is 9.41. The van der Waals surface area contributed by atoms with E-state index >= 15 is 0 Å². The van der Waals surface area contributed by atoms with Gasteiger partial charge in [0.05, 0.1) is 10.5 Å². The Hall–Kier alpha value is -1.26. The fourth-order valence-corrected chi connectivity index (χ4v) is 2.43. The maximum absolute atomic E-state index is 14.0. The summed E-state index contributed by atoms with van der Waals surface area (Å²) in [7, 11) is 0. The number of nitrogens with two attached hydrogens (primary N) is 1. The molecule has 0 aliphatic heterocycles. The molecular weight excluding hydrogens is 324 g/mol. The van der Waals surface area contributed by atoms with Crippen LogP contribution in [0.3, 0.4) is 0 Å². The lowest BCUT2D eigenvalue weighted by Crippen LogP contribution is -2.16. The van der Waals surface area contributed by atoms with E-state index in [2.05, 4.69) is 29.8 Å². The summed E-state index contributed by atoms with van der Waals surface area (Å²) >= 11 is 3.05. The normalized spacial score (nSPS) is 12.8. The van der Waals surface area contributed by atoms with Crippen molar-refractivity contribution in [3.63, 3.8) is 0 Å². The third kappa shape index (κ3) is 2.91. The second kappa shape index (κ2) is 6.02. The highest BCUT2D eigenvalue weighted by Gasteiger charge is 2.20. The number of halogens is 3. The number of hydrogen-bond acceptors (Lipinski definition) is 1. The minimum Gasteiger partial charge on any atom is -0.320 e. The molecule has 2 rings (SSSR count). The van der Waals surface area contributed by atoms with E-state index in [1.807, 2.05) is 24.3 Å². The Morgan fingerprint density at radius 1 is 0.950 bits per heavy atom. The molecule has 0 fully saturated rings. The quantitative estimate of drug-likeness (QED) is 0.791. The lowest BCUT2D eigenvalue weighted by molar-refractivity contribution is 0.539. The third-order valence-electron chi connectivity index (χ3n) is 3.35. The number of benzene rings is 2. The van der Waals surface area contributed by atoms with E-state index in [0.29, 0.717) is 11.5 Å². The van der Waals surface area contributed by atoms with Crippen molar-refractivity contribution in [3.8, 4) is 0 Å². The summed E-state index contributed by atoms with van der Waals surface area (Å²) in [6, 6.07) is 9.24. The maximum Gasteiger partial charge on any atom is 0.145 e. The molecule has 2 aromatic carbocycles. The lowest BCUT2D eigenvalue weighted by Gasteiger charge is -2.16. The zero-order valence-corrected chi connectivity index (χ0v) is 12.9. The second-order valence-electron chi connectivity index (χ2n) is 5.06. The first-order valence-corrected chi connectivity index (χ1v) is 7.20. The molecule has 0 aliphatic carbocycles. The monoisotopic (exact) mass is 339 g/mol. The molecule has 1 unspecified atom stereocenters. The van der Waals surface area contributed by atoms with Crippen molar-refractivity contribution in [2.45, 2.75) is 25.8 Å². The van der Waals surface area contributed by atoms with Crippen molar-refractivity contribution in [3.05, 3.63) is 69.2 Å². The lowest BCUT2D eigenvalue weighted by atomic mass is 9.95. The van der Waals surface area contributed by atoms with Gasteiger partial charge in [0.1, 0.15) is 11.6 Å². The van der Waals surface area contributed by atoms with Gasteiger partial charge in [-0.15, -0.1) is 0 Å². The van der Waals surface area contributed by atoms with E-state index in [4.69, 9.17) is 5.73 Å². The number of rotatable bonds is 3. The Morgan fingerprint density at radius 3 is 2.05 bits per heavy atom. The highest BCUT2D eigenvalue weighted by Crippen LogP contribution is 2.29. The predicted molar refractivity (Wildman–Crippen MR) is 80.6 cm³/mol. The van der Waals surface area contributed by atoms with Crippen LogP contribution in [-0.2, 0) is 0 Å². The molecule has 0 heterocycles. The smallest absolute Gasteiger partial charge is 0.145 e. The molecular formula is C16H16BrF2N. The molecule has 20 heavy (non-hydrogen) atoms. The molecule has 106 valence electrons. The van der Waals surface area contributed by atoms with E-state index in [0.717, 1.165) is 5.56 Å². The van der Waals surface area contributed by atoms with Crippen LogP contribution in [-0.4, -0.2) is 0 Å². The van der Waals surface area contributed by atoms with Crippen molar-refractivity contribution in [1.82, 2.24) is 0 Å². The van der Waals surface area contributed by atoms with Gasteiger partial charge in [-0.1, -0.05) is 38.1 Å². The van der Waals surface area contributed by atoms with Crippen LogP contribution >= 0.6 is 15.9 Å². The van der Waals surface area contributed by atoms with Crippen LogP contribution in [0.4, 0.5) is 8.78 Å². The topological polar surface area (TPSA) is 26.0 Å². The summed E-state index contributed by atoms with van der Waals surface area (Å²) in [5.74, 6) is -0.879. The predicted octanol–water partition coefficient (Wildman–Crippen LogP) is 4.90. The van der Waals surface area contributed by atoms with E-state index in [1.54, 1.807) is 0 Å². The Bertz CT molecular complexity index is 609. The van der Waals surface area contributed by atoms with Gasteiger partial charge in [-0.05, 0) is 45.1 Å². The van der Waals surface area contributed by atoms with Gasteiger partial charge >= 0.3 is 0 Å². The molecule has 0 aliphatic rings. The SMILES string of the molecule is CC(C)c1ccc(C(N)c2c(F)ccc(Br)c2F)cc1. The number of hydrogen-bond donors (Lipinski definition) is 1. The molecule has 1 atom stereocenters. The van der Waals surface area contributed by atoms with Crippen LogP contribution < -0.4 is 5.73 Å². The van der Waals surface area contributed by atoms with Gasteiger partial charge in [-0.25, -0.2) is 8.78 Å². The standard InChI is InChI=1S/C16H16BrF2N/c1-9(2)10-3-5-11(6-4-10)16(20)14-13(18)8-7-12(17)15(14)19/h3-9,16H,20H2,1-2H3. The van der Waals surface area contributed by atoms with Gasteiger partial charge in [0.2, 0.25) is 0 Å². The first kappa shape index (κ1) is 15.1. The minimum absolute atomic E-state index is 0.114. The van der Waals surface area contributed by atoms with Crippen LogP contribution in [0.25, 0.3) is 0 Å². The Balaban J connectivity index is 2.41. The Morgan fingerprint density at radius 2 is 1.50 bits per heavy atom. The average molecular weight is 340 g/mol. The molecule has 0 amide bonds. The van der Waals surface area contributed by atoms with Gasteiger partial charge in [-0.3, -0.25) is 0 Å². The van der Waals surface area contributed by atoms with Gasteiger partial charge in [0.15, 0.2) is 0 Å². The first-order valence-electron chi connectivity index (χ1n) is 6.40. The van der Waals surface area contributed by atoms with E-state index in [1.165, 1.54) is 12.1 Å². The highest BCUT2D eigenvalue weighted by atomic mass is 79.9. The Kier molecular flexibility index (Phi) is 4.55. The molecule has 0 spiro atoms. The molecule has 0 saturated heterocycles. The molecule has 0 bridgehead atoms. The molecule has 0 radical (unpaired) electrons. The second-order valence-corrected chi connectivity index (χ2v) is 5.91. The van der Waals surface area contributed by atoms with Crippen molar-refractivity contribution < 1.29 is 8.78 Å². The van der Waals surface area contributed by atoms with Crippen molar-refractivity contribution in [2.75, 3.05) is 0 Å². The summed E-state index contributed by atoms with van der Waals surface area (Å²) in [5, 5.41) is 0. The molecule has 4 heteroatoms. The summed E-state index contributed by atoms with van der Waals surface area (Å²) < 4.78 is 28.1. The van der Waals surface area contributed by atoms with Crippen LogP contribution in [0, 0.1) is 11.6 Å². The molecule has 2 N–H and O–H groups in total. The summed E-state index contributed by atoms with van der Waals surface area (Å²) in [6.45, 7) is 4.17. The van der Waals surface area contributed by atoms with Crippen molar-refractivity contribution in [2.24, 2.45) is 5.73 Å². The van der Waals surface area contributed by atoms with Gasteiger partial charge < -0.3 is 5.73 Å². The van der Waals surface area contributed by atoms with Crippen LogP contribution in [0.2, 0.25) is 0 Å². The van der Waals surface area contributed by atoms with Crippen molar-refractivity contribution in [1.29, 1.82) is 0 Å². The average Bonchev–Trinajstić information content (AvgIpc) is 2.43. The fraction of sp³-hybridized carbons (Fsp3) is 0.250. The molecule has 0 aromatic heterocycles. The molecule has 0 saturated carbocycles. The Labute approximate surface area is 125 Å². The van der Waals surface area contributed by atoms with Gasteiger partial charge in [0.25, 0.3) is 0 Å². The summed E-state index contributed by atoms with van der Waals surface area (Å²) in [4.78, 5) is 0. The van der Waals surface area contributed by atoms with Crippen LogP contribution in [0.15, 0.2) is 40.9 Å². The highest BCUT2D eigenvalue weighted by molar-refractivity contribution is 9.10. The van der Waals surface area contributed by atoms with Crippen LogP contribution in [0.5, 0.6) is 0 Å². The van der Waals surface area contributed by atoms with Gasteiger partial charge in [0, 0.05) is 5.56 Å². The third-order valence-corrected chi connectivity index (χ3v) is 3.97. The largest absolute Gasteiger partial charge is 0.320 e. The van der Waals surface area contributed by atoms with Crippen molar-refractivity contribution >= 4 is 15.9 Å². The molecule has 1 nitrogen and oxygen atoms in total. The zero-order valence-electron chi connectivity index (χ0n) is 11.3. The fourth-order valence-electron chi connectivity index (χ4n) is 2.08.